The van der Waals surface area contributed by atoms with Crippen molar-refractivity contribution in [1.29, 1.82) is 0 Å². The fourth-order valence-corrected chi connectivity index (χ4v) is 3.19. The summed E-state index contributed by atoms with van der Waals surface area (Å²) in [5, 5.41) is 0.415. The van der Waals surface area contributed by atoms with E-state index in [-0.39, 0.29) is 11.2 Å². The van der Waals surface area contributed by atoms with E-state index in [0.717, 1.165) is 37.7 Å². The first-order valence-corrected chi connectivity index (χ1v) is 8.72. The Labute approximate surface area is 137 Å². The van der Waals surface area contributed by atoms with Gasteiger partial charge in [-0.1, -0.05) is 58.6 Å². The summed E-state index contributed by atoms with van der Waals surface area (Å²) in [7, 11) is 0. The fourth-order valence-electron chi connectivity index (χ4n) is 2.57. The number of unbranched alkanes of at least 4 members (excludes halogenated alkanes) is 3. The van der Waals surface area contributed by atoms with Gasteiger partial charge in [-0.3, -0.25) is 4.79 Å². The maximum absolute atomic E-state index is 12.4. The van der Waals surface area contributed by atoms with Gasteiger partial charge >= 0.3 is 0 Å². The highest BCUT2D eigenvalue weighted by Crippen LogP contribution is 2.32. The van der Waals surface area contributed by atoms with Crippen LogP contribution in [-0.2, 0) is 10.2 Å². The summed E-state index contributed by atoms with van der Waals surface area (Å²) < 4.78 is 0. The van der Waals surface area contributed by atoms with E-state index in [2.05, 4.69) is 59.8 Å². The van der Waals surface area contributed by atoms with E-state index < -0.39 is 0 Å². The number of carbonyl (C=O) groups is 1. The molecule has 2 heteroatoms. The minimum atomic E-state index is -0.383. The van der Waals surface area contributed by atoms with Crippen molar-refractivity contribution in [1.82, 2.24) is 0 Å². The van der Waals surface area contributed by atoms with Crippen molar-refractivity contribution in [3.8, 4) is 11.8 Å². The Hall–Kier alpha value is -1.07. The molecule has 0 aliphatic carbocycles. The van der Waals surface area contributed by atoms with Crippen molar-refractivity contribution in [3.63, 3.8) is 0 Å². The maximum Gasteiger partial charge on any atom is 0.153 e. The second-order valence-corrected chi connectivity index (χ2v) is 6.31. The summed E-state index contributed by atoms with van der Waals surface area (Å²) in [5.74, 6) is 6.28. The van der Waals surface area contributed by atoms with Gasteiger partial charge in [0.2, 0.25) is 0 Å². The molecule has 0 aromatic heterocycles. The second-order valence-electron chi connectivity index (χ2n) is 5.75. The van der Waals surface area contributed by atoms with E-state index in [1.165, 1.54) is 5.56 Å². The number of halogens is 1. The summed E-state index contributed by atoms with van der Waals surface area (Å²) in [6.07, 6.45) is 5.18. The van der Waals surface area contributed by atoms with E-state index in [9.17, 15) is 4.79 Å². The molecule has 0 saturated heterocycles. The molecule has 1 nitrogen and oxygen atoms in total. The predicted octanol–water partition coefficient (Wildman–Crippen LogP) is 5.19. The Bertz CT molecular complexity index is 524. The van der Waals surface area contributed by atoms with Crippen LogP contribution in [0.15, 0.2) is 24.3 Å². The lowest BCUT2D eigenvalue weighted by molar-refractivity contribution is -0.121. The molecule has 0 N–H and O–H groups in total. The molecule has 0 amide bonds. The minimum Gasteiger partial charge on any atom is -0.298 e. The van der Waals surface area contributed by atoms with Gasteiger partial charge in [-0.25, -0.2) is 0 Å². The zero-order chi connectivity index (χ0) is 15.7. The number of Topliss-reactive ketones (excluding diaryl/α,β-unsaturated/α-hetero) is 1. The van der Waals surface area contributed by atoms with Crippen molar-refractivity contribution in [3.05, 3.63) is 35.4 Å². The van der Waals surface area contributed by atoms with Gasteiger partial charge < -0.3 is 0 Å². The van der Waals surface area contributed by atoms with Gasteiger partial charge in [0, 0.05) is 6.42 Å². The summed E-state index contributed by atoms with van der Waals surface area (Å²) in [5.41, 5.74) is 1.96. The molecule has 114 valence electrons. The van der Waals surface area contributed by atoms with Crippen molar-refractivity contribution in [2.75, 3.05) is 5.33 Å². The van der Waals surface area contributed by atoms with Crippen molar-refractivity contribution >= 4 is 21.7 Å². The number of hydrogen-bond donors (Lipinski definition) is 0. The number of ketones is 1. The number of rotatable bonds is 8. The van der Waals surface area contributed by atoms with Gasteiger partial charge in [-0.15, -0.1) is 11.8 Å². The molecule has 1 rings (SSSR count). The predicted molar refractivity (Wildman–Crippen MR) is 93.9 cm³/mol. The highest BCUT2D eigenvalue weighted by atomic mass is 79.9. The molecule has 21 heavy (non-hydrogen) atoms. The van der Waals surface area contributed by atoms with Crippen molar-refractivity contribution in [2.45, 2.75) is 58.3 Å². The van der Waals surface area contributed by atoms with Gasteiger partial charge in [-0.2, -0.15) is 0 Å². The Morgan fingerprint density at radius 3 is 2.67 bits per heavy atom. The monoisotopic (exact) mass is 348 g/mol. The van der Waals surface area contributed by atoms with Crippen molar-refractivity contribution in [2.24, 2.45) is 0 Å². The third-order valence-corrected chi connectivity index (χ3v) is 4.56. The second kappa shape index (κ2) is 9.05. The third-order valence-electron chi connectivity index (χ3n) is 4.05. The Balaban J connectivity index is 2.75. The lowest BCUT2D eigenvalue weighted by Crippen LogP contribution is -2.33. The van der Waals surface area contributed by atoms with E-state index in [0.29, 0.717) is 5.33 Å². The highest BCUT2D eigenvalue weighted by molar-refractivity contribution is 9.09. The fraction of sp³-hybridized carbons (Fsp3) is 0.526. The largest absolute Gasteiger partial charge is 0.298 e. The third kappa shape index (κ3) is 5.32. The van der Waals surface area contributed by atoms with Crippen LogP contribution in [0.5, 0.6) is 0 Å². The van der Waals surface area contributed by atoms with Gasteiger partial charge in [0.15, 0.2) is 5.78 Å². The number of benzene rings is 1. The zero-order valence-electron chi connectivity index (χ0n) is 13.3. The van der Waals surface area contributed by atoms with Gasteiger partial charge in [0.05, 0.1) is 10.7 Å². The zero-order valence-corrected chi connectivity index (χ0v) is 14.9. The summed E-state index contributed by atoms with van der Waals surface area (Å²) in [4.78, 5) is 12.4. The van der Waals surface area contributed by atoms with Crippen LogP contribution < -0.4 is 0 Å². The average Bonchev–Trinajstić information content (AvgIpc) is 2.49. The van der Waals surface area contributed by atoms with Crippen LogP contribution in [0.2, 0.25) is 0 Å². The Morgan fingerprint density at radius 2 is 2.05 bits per heavy atom. The molecule has 1 aromatic rings. The number of alkyl halides is 1. The van der Waals surface area contributed by atoms with Gasteiger partial charge in [-0.05, 0) is 39.2 Å². The molecule has 1 atom stereocenters. The summed E-state index contributed by atoms with van der Waals surface area (Å²) in [6.45, 7) is 6.03. The molecule has 0 heterocycles. The SMILES string of the molecule is CC#CCCCCCC(C)(C(=O)CBr)c1cccc(C)c1. The first-order valence-electron chi connectivity index (χ1n) is 7.60. The number of hydrogen-bond acceptors (Lipinski definition) is 1. The molecule has 1 aromatic carbocycles. The van der Waals surface area contributed by atoms with Crippen LogP contribution in [-0.4, -0.2) is 11.1 Å². The van der Waals surface area contributed by atoms with Crippen LogP contribution in [0.1, 0.15) is 57.1 Å². The normalized spacial score (nSPS) is 13.1. The molecule has 0 bridgehead atoms. The van der Waals surface area contributed by atoms with Crippen LogP contribution in [0, 0.1) is 18.8 Å². The molecule has 0 fully saturated rings. The van der Waals surface area contributed by atoms with Crippen LogP contribution in [0.4, 0.5) is 0 Å². The van der Waals surface area contributed by atoms with Gasteiger partial charge in [0.25, 0.3) is 0 Å². The molecule has 0 aliphatic rings. The van der Waals surface area contributed by atoms with Crippen LogP contribution >= 0.6 is 15.9 Å². The topological polar surface area (TPSA) is 17.1 Å². The van der Waals surface area contributed by atoms with E-state index in [1.54, 1.807) is 0 Å². The molecular weight excluding hydrogens is 324 g/mol. The smallest absolute Gasteiger partial charge is 0.153 e. The highest BCUT2D eigenvalue weighted by Gasteiger charge is 2.33. The van der Waals surface area contributed by atoms with Crippen LogP contribution in [0.25, 0.3) is 0 Å². The quantitative estimate of drug-likeness (QED) is 0.359. The number of carbonyl (C=O) groups excluding carboxylic acids is 1. The average molecular weight is 349 g/mol. The standard InChI is InChI=1S/C19H25BrO/c1-4-5-6-7-8-9-13-19(3,18(21)15-20)17-12-10-11-16(2)14-17/h10-12,14H,6-9,13,15H2,1-3H3. The molecule has 0 saturated carbocycles. The van der Waals surface area contributed by atoms with Crippen molar-refractivity contribution < 1.29 is 4.79 Å². The first-order chi connectivity index (χ1) is 10.0. The molecule has 1 unspecified atom stereocenters. The van der Waals surface area contributed by atoms with E-state index in [1.807, 2.05) is 13.0 Å². The van der Waals surface area contributed by atoms with E-state index >= 15 is 0 Å². The molecule has 0 radical (unpaired) electrons. The van der Waals surface area contributed by atoms with Crippen LogP contribution in [0.3, 0.4) is 0 Å². The number of aryl methyl sites for hydroxylation is 1. The lowest BCUT2D eigenvalue weighted by Gasteiger charge is -2.28. The van der Waals surface area contributed by atoms with E-state index in [4.69, 9.17) is 0 Å². The Morgan fingerprint density at radius 1 is 1.29 bits per heavy atom. The molecule has 0 spiro atoms. The first kappa shape index (κ1) is 18.0. The Kier molecular flexibility index (Phi) is 7.75. The summed E-state index contributed by atoms with van der Waals surface area (Å²) >= 11 is 3.34. The van der Waals surface area contributed by atoms with Gasteiger partial charge in [0.1, 0.15) is 0 Å². The lowest BCUT2D eigenvalue weighted by atomic mass is 9.74. The maximum atomic E-state index is 12.4. The minimum absolute atomic E-state index is 0.265. The molecule has 0 aliphatic heterocycles. The summed E-state index contributed by atoms with van der Waals surface area (Å²) in [6, 6.07) is 8.34. The molecular formula is C19H25BrO.